The summed E-state index contributed by atoms with van der Waals surface area (Å²) in [6.07, 6.45) is 2.56. The zero-order chi connectivity index (χ0) is 16.0. The van der Waals surface area contributed by atoms with Gasteiger partial charge in [-0.2, -0.15) is 0 Å². The number of hydrogen-bond donors (Lipinski definition) is 1. The van der Waals surface area contributed by atoms with E-state index in [1.165, 1.54) is 0 Å². The van der Waals surface area contributed by atoms with E-state index in [1.807, 2.05) is 6.92 Å². The fourth-order valence-electron chi connectivity index (χ4n) is 1.63. The van der Waals surface area contributed by atoms with Gasteiger partial charge in [-0.05, 0) is 18.6 Å². The van der Waals surface area contributed by atoms with Crippen molar-refractivity contribution in [2.75, 3.05) is 23.7 Å². The van der Waals surface area contributed by atoms with Gasteiger partial charge in [0.05, 0.1) is 11.9 Å². The lowest BCUT2D eigenvalue weighted by Crippen LogP contribution is -2.40. The van der Waals surface area contributed by atoms with Crippen molar-refractivity contribution in [3.05, 3.63) is 29.8 Å². The van der Waals surface area contributed by atoms with Gasteiger partial charge < -0.3 is 5.32 Å². The zero-order valence-electron chi connectivity index (χ0n) is 11.9. The summed E-state index contributed by atoms with van der Waals surface area (Å²) in [5.41, 5.74) is -0.0953. The molecule has 21 heavy (non-hydrogen) atoms. The summed E-state index contributed by atoms with van der Waals surface area (Å²) in [6, 6.07) is 2.67. The van der Waals surface area contributed by atoms with E-state index in [1.54, 1.807) is 0 Å². The van der Waals surface area contributed by atoms with Crippen LogP contribution in [0.4, 0.5) is 14.5 Å². The van der Waals surface area contributed by atoms with Crippen LogP contribution in [0.25, 0.3) is 0 Å². The van der Waals surface area contributed by atoms with E-state index in [-0.39, 0.29) is 5.69 Å². The highest BCUT2D eigenvalue weighted by molar-refractivity contribution is 7.92. The number of amides is 1. The molecule has 0 aliphatic rings. The number of carbonyl (C=O) groups is 1. The molecule has 1 N–H and O–H groups in total. The van der Waals surface area contributed by atoms with E-state index in [9.17, 15) is 22.0 Å². The fraction of sp³-hybridized carbons (Fsp3) is 0.462. The molecule has 8 heteroatoms. The van der Waals surface area contributed by atoms with Gasteiger partial charge in [0.2, 0.25) is 15.9 Å². The predicted octanol–water partition coefficient (Wildman–Crippen LogP) is 1.65. The zero-order valence-corrected chi connectivity index (χ0v) is 12.7. The maximum Gasteiger partial charge on any atom is 0.240 e. The smallest absolute Gasteiger partial charge is 0.240 e. The van der Waals surface area contributed by atoms with Gasteiger partial charge in [0.25, 0.3) is 0 Å². The lowest BCUT2D eigenvalue weighted by molar-refractivity contribution is -0.119. The van der Waals surface area contributed by atoms with E-state index in [4.69, 9.17) is 0 Å². The van der Waals surface area contributed by atoms with Gasteiger partial charge in [-0.25, -0.2) is 17.2 Å². The molecule has 0 aliphatic heterocycles. The molecule has 0 bridgehead atoms. The lowest BCUT2D eigenvalue weighted by Gasteiger charge is -2.22. The van der Waals surface area contributed by atoms with Crippen LogP contribution < -0.4 is 9.62 Å². The van der Waals surface area contributed by atoms with Gasteiger partial charge in [-0.3, -0.25) is 9.10 Å². The van der Waals surface area contributed by atoms with Crippen LogP contribution in [0.1, 0.15) is 19.8 Å². The monoisotopic (exact) mass is 320 g/mol. The topological polar surface area (TPSA) is 66.5 Å². The number of sulfonamides is 1. The Morgan fingerprint density at radius 3 is 2.48 bits per heavy atom. The Hall–Kier alpha value is -1.70. The Balaban J connectivity index is 2.92. The van der Waals surface area contributed by atoms with Crippen LogP contribution in [-0.4, -0.2) is 33.7 Å². The first-order valence-electron chi connectivity index (χ1n) is 6.45. The highest BCUT2D eigenvalue weighted by Gasteiger charge is 2.21. The van der Waals surface area contributed by atoms with Crippen molar-refractivity contribution in [2.24, 2.45) is 0 Å². The first-order chi connectivity index (χ1) is 9.75. The molecule has 0 unspecified atom stereocenters. The molecule has 5 nitrogen and oxygen atoms in total. The van der Waals surface area contributed by atoms with E-state index < -0.39 is 34.1 Å². The largest absolute Gasteiger partial charge is 0.355 e. The molecule has 0 saturated heterocycles. The Morgan fingerprint density at radius 1 is 1.29 bits per heavy atom. The molecule has 0 aliphatic carbocycles. The molecule has 1 aromatic rings. The minimum atomic E-state index is -3.79. The number of halogens is 2. The second kappa shape index (κ2) is 7.35. The van der Waals surface area contributed by atoms with Crippen LogP contribution >= 0.6 is 0 Å². The third kappa shape index (κ3) is 5.30. The van der Waals surface area contributed by atoms with Gasteiger partial charge in [0.1, 0.15) is 6.54 Å². The number of nitrogens with zero attached hydrogens (tertiary/aromatic N) is 1. The van der Waals surface area contributed by atoms with Crippen molar-refractivity contribution in [3.63, 3.8) is 0 Å². The summed E-state index contributed by atoms with van der Waals surface area (Å²) < 4.78 is 50.3. The number of anilines is 1. The summed E-state index contributed by atoms with van der Waals surface area (Å²) in [5.74, 6) is -2.76. The highest BCUT2D eigenvalue weighted by Crippen LogP contribution is 2.20. The molecule has 0 aromatic heterocycles. The van der Waals surface area contributed by atoms with Crippen LogP contribution in [0, 0.1) is 11.6 Å². The number of carbonyl (C=O) groups excluding carboxylic acids is 1. The molecule has 0 heterocycles. The summed E-state index contributed by atoms with van der Waals surface area (Å²) >= 11 is 0. The Kier molecular flexibility index (Phi) is 6.07. The number of rotatable bonds is 7. The molecule has 0 radical (unpaired) electrons. The molecule has 1 amide bonds. The van der Waals surface area contributed by atoms with E-state index in [0.717, 1.165) is 41.6 Å². The van der Waals surface area contributed by atoms with E-state index >= 15 is 0 Å². The highest BCUT2D eigenvalue weighted by atomic mass is 32.2. The van der Waals surface area contributed by atoms with Crippen molar-refractivity contribution in [2.45, 2.75) is 19.8 Å². The first kappa shape index (κ1) is 17.4. The molecule has 0 fully saturated rings. The number of unbranched alkanes of at least 4 members (excludes halogenated alkanes) is 1. The van der Waals surface area contributed by atoms with Crippen LogP contribution in [0.2, 0.25) is 0 Å². The van der Waals surface area contributed by atoms with Crippen LogP contribution in [-0.2, 0) is 14.8 Å². The molecule has 0 spiro atoms. The number of hydrogen-bond acceptors (Lipinski definition) is 3. The van der Waals surface area contributed by atoms with Gasteiger partial charge in [0, 0.05) is 12.6 Å². The van der Waals surface area contributed by atoms with Crippen LogP contribution in [0.3, 0.4) is 0 Å². The maximum atomic E-state index is 13.2. The quantitative estimate of drug-likeness (QED) is 0.777. The Morgan fingerprint density at radius 2 is 1.95 bits per heavy atom. The van der Waals surface area contributed by atoms with E-state index in [0.29, 0.717) is 6.54 Å². The predicted molar refractivity (Wildman–Crippen MR) is 76.5 cm³/mol. The second-order valence-corrected chi connectivity index (χ2v) is 6.48. The SMILES string of the molecule is CCCCNC(=O)CN(c1ccc(F)c(F)c1)S(C)(=O)=O. The van der Waals surface area contributed by atoms with Gasteiger partial charge >= 0.3 is 0 Å². The molecular formula is C13H18F2N2O3S. The second-order valence-electron chi connectivity index (χ2n) is 4.57. The van der Waals surface area contributed by atoms with Crippen LogP contribution in [0.5, 0.6) is 0 Å². The van der Waals surface area contributed by atoms with Gasteiger partial charge in [0.15, 0.2) is 11.6 Å². The standard InChI is InChI=1S/C13H18F2N2O3S/c1-3-4-7-16-13(18)9-17(21(2,19)20)10-5-6-11(14)12(15)8-10/h5-6,8H,3-4,7,9H2,1-2H3,(H,16,18). The molecular weight excluding hydrogens is 302 g/mol. The molecule has 1 aromatic carbocycles. The summed E-state index contributed by atoms with van der Waals surface area (Å²) in [4.78, 5) is 11.7. The molecule has 0 atom stereocenters. The minimum Gasteiger partial charge on any atom is -0.355 e. The van der Waals surface area contributed by atoms with Gasteiger partial charge in [-0.1, -0.05) is 13.3 Å². The summed E-state index contributed by atoms with van der Waals surface area (Å²) in [5, 5.41) is 2.57. The number of nitrogens with one attached hydrogen (secondary N) is 1. The maximum absolute atomic E-state index is 13.2. The van der Waals surface area contributed by atoms with Crippen molar-refractivity contribution in [1.29, 1.82) is 0 Å². The average Bonchev–Trinajstić information content (AvgIpc) is 2.38. The summed E-state index contributed by atoms with van der Waals surface area (Å²) in [6.45, 7) is 1.91. The van der Waals surface area contributed by atoms with Crippen molar-refractivity contribution >= 4 is 21.6 Å². The van der Waals surface area contributed by atoms with E-state index in [2.05, 4.69) is 5.32 Å². The van der Waals surface area contributed by atoms with Crippen molar-refractivity contribution in [1.82, 2.24) is 5.32 Å². The van der Waals surface area contributed by atoms with Crippen molar-refractivity contribution in [3.8, 4) is 0 Å². The Bertz CT molecular complexity index is 605. The lowest BCUT2D eigenvalue weighted by atomic mass is 10.3. The minimum absolute atomic E-state index is 0.0953. The summed E-state index contributed by atoms with van der Waals surface area (Å²) in [7, 11) is -3.79. The van der Waals surface area contributed by atoms with Gasteiger partial charge in [-0.15, -0.1) is 0 Å². The number of benzene rings is 1. The molecule has 0 saturated carbocycles. The third-order valence-corrected chi connectivity index (χ3v) is 3.87. The van der Waals surface area contributed by atoms with Crippen molar-refractivity contribution < 1.29 is 22.0 Å². The molecule has 1 rings (SSSR count). The average molecular weight is 320 g/mol. The third-order valence-electron chi connectivity index (χ3n) is 2.73. The fourth-order valence-corrected chi connectivity index (χ4v) is 2.48. The van der Waals surface area contributed by atoms with Crippen LogP contribution in [0.15, 0.2) is 18.2 Å². The molecule has 118 valence electrons. The normalized spacial score (nSPS) is 11.2. The first-order valence-corrected chi connectivity index (χ1v) is 8.30. The Labute approximate surface area is 123 Å².